The van der Waals surface area contributed by atoms with Crippen LogP contribution < -0.4 is 0 Å². The summed E-state index contributed by atoms with van der Waals surface area (Å²) in [5.41, 5.74) is 1.25. The fraction of sp³-hybridized carbons (Fsp3) is 0.667. The molecule has 3 heteroatoms. The third kappa shape index (κ3) is 2.48. The van der Waals surface area contributed by atoms with Crippen molar-refractivity contribution in [3.63, 3.8) is 0 Å². The first-order valence-electron chi connectivity index (χ1n) is 9.34. The standard InChI is InChI=1S/C21H31NO2/c1-6-21(5,7-2)20(3,4)17-13-16-14-24-19(22(16)18(17)23)15-11-9-8-10-12-15/h8-12,16-17,19H,6-7,13-14H2,1-5H3/t16?,17?,19-/m1/s1. The Kier molecular flexibility index (Phi) is 4.50. The largest absolute Gasteiger partial charge is 0.352 e. The van der Waals surface area contributed by atoms with Gasteiger partial charge in [0.05, 0.1) is 12.6 Å². The zero-order chi connectivity index (χ0) is 17.5. The minimum Gasteiger partial charge on any atom is -0.352 e. The van der Waals surface area contributed by atoms with Crippen LogP contribution in [0.5, 0.6) is 0 Å². The van der Waals surface area contributed by atoms with Crippen molar-refractivity contribution in [2.75, 3.05) is 6.61 Å². The molecule has 3 nitrogen and oxygen atoms in total. The Morgan fingerprint density at radius 1 is 1.12 bits per heavy atom. The lowest BCUT2D eigenvalue weighted by Crippen LogP contribution is -2.44. The van der Waals surface area contributed by atoms with Gasteiger partial charge in [0.25, 0.3) is 0 Å². The van der Waals surface area contributed by atoms with Gasteiger partial charge >= 0.3 is 0 Å². The Balaban J connectivity index is 1.88. The molecule has 0 bridgehead atoms. The normalized spacial score (nSPS) is 27.6. The molecule has 0 aromatic heterocycles. The Morgan fingerprint density at radius 2 is 1.75 bits per heavy atom. The topological polar surface area (TPSA) is 29.5 Å². The van der Waals surface area contributed by atoms with E-state index < -0.39 is 0 Å². The molecule has 2 heterocycles. The van der Waals surface area contributed by atoms with E-state index in [4.69, 9.17) is 4.74 Å². The maximum absolute atomic E-state index is 13.3. The molecule has 2 saturated heterocycles. The number of carbonyl (C=O) groups is 1. The minimum absolute atomic E-state index is 0.0147. The van der Waals surface area contributed by atoms with E-state index >= 15 is 0 Å². The number of fused-ring (bicyclic) bond motifs is 1. The van der Waals surface area contributed by atoms with Gasteiger partial charge in [-0.05, 0) is 17.3 Å². The number of hydrogen-bond acceptors (Lipinski definition) is 2. The SMILES string of the molecule is CCC(C)(CC)C(C)(C)C1CC2CO[C@H](c3ccccc3)N2C1=O. The van der Waals surface area contributed by atoms with Crippen LogP contribution in [0.4, 0.5) is 0 Å². The summed E-state index contributed by atoms with van der Waals surface area (Å²) < 4.78 is 5.98. The molecule has 2 aliphatic rings. The summed E-state index contributed by atoms with van der Waals surface area (Å²) in [5.74, 6) is 0.368. The molecule has 0 spiro atoms. The van der Waals surface area contributed by atoms with Crippen LogP contribution in [-0.4, -0.2) is 23.5 Å². The van der Waals surface area contributed by atoms with E-state index in [0.29, 0.717) is 6.61 Å². The van der Waals surface area contributed by atoms with Crippen molar-refractivity contribution < 1.29 is 9.53 Å². The Hall–Kier alpha value is -1.35. The number of nitrogens with zero attached hydrogens (tertiary/aromatic N) is 1. The molecule has 3 rings (SSSR count). The fourth-order valence-corrected chi connectivity index (χ4v) is 4.64. The summed E-state index contributed by atoms with van der Waals surface area (Å²) in [6.07, 6.45) is 2.91. The molecular formula is C21H31NO2. The third-order valence-corrected chi connectivity index (χ3v) is 7.22. The number of rotatable bonds is 5. The highest BCUT2D eigenvalue weighted by Crippen LogP contribution is 2.55. The van der Waals surface area contributed by atoms with Gasteiger partial charge < -0.3 is 9.64 Å². The van der Waals surface area contributed by atoms with E-state index in [1.54, 1.807) is 0 Å². The highest BCUT2D eigenvalue weighted by molar-refractivity contribution is 5.83. The second-order valence-electron chi connectivity index (χ2n) is 8.27. The zero-order valence-electron chi connectivity index (χ0n) is 15.7. The highest BCUT2D eigenvalue weighted by atomic mass is 16.5. The van der Waals surface area contributed by atoms with Gasteiger partial charge in [-0.1, -0.05) is 77.8 Å². The zero-order valence-corrected chi connectivity index (χ0v) is 15.7. The van der Waals surface area contributed by atoms with Gasteiger partial charge in [-0.3, -0.25) is 4.79 Å². The average Bonchev–Trinajstić information content (AvgIpc) is 3.15. The molecular weight excluding hydrogens is 298 g/mol. The van der Waals surface area contributed by atoms with Gasteiger partial charge in [0.15, 0.2) is 6.23 Å². The summed E-state index contributed by atoms with van der Waals surface area (Å²) in [4.78, 5) is 15.4. The maximum atomic E-state index is 13.3. The lowest BCUT2D eigenvalue weighted by Gasteiger charge is -2.47. The number of ether oxygens (including phenoxy) is 1. The van der Waals surface area contributed by atoms with Crippen LogP contribution in [0.25, 0.3) is 0 Å². The number of carbonyl (C=O) groups excluding carboxylic acids is 1. The van der Waals surface area contributed by atoms with E-state index in [1.165, 1.54) is 0 Å². The van der Waals surface area contributed by atoms with Crippen molar-refractivity contribution in [2.45, 2.75) is 66.2 Å². The van der Waals surface area contributed by atoms with Gasteiger partial charge in [-0.25, -0.2) is 0 Å². The molecule has 2 aliphatic heterocycles. The van der Waals surface area contributed by atoms with Crippen molar-refractivity contribution in [2.24, 2.45) is 16.7 Å². The van der Waals surface area contributed by atoms with Crippen LogP contribution >= 0.6 is 0 Å². The number of hydrogen-bond donors (Lipinski definition) is 0. The Bertz CT molecular complexity index is 591. The quantitative estimate of drug-likeness (QED) is 0.777. The lowest BCUT2D eigenvalue weighted by atomic mass is 9.57. The molecule has 1 amide bonds. The van der Waals surface area contributed by atoms with Gasteiger partial charge in [-0.15, -0.1) is 0 Å². The highest BCUT2D eigenvalue weighted by Gasteiger charge is 2.56. The van der Waals surface area contributed by atoms with Crippen molar-refractivity contribution in [3.05, 3.63) is 35.9 Å². The number of amides is 1. The molecule has 0 radical (unpaired) electrons. The molecule has 0 saturated carbocycles. The summed E-state index contributed by atoms with van der Waals surface area (Å²) in [7, 11) is 0. The van der Waals surface area contributed by atoms with E-state index in [-0.39, 0.29) is 34.9 Å². The number of benzene rings is 1. The predicted molar refractivity (Wildman–Crippen MR) is 96.3 cm³/mol. The van der Waals surface area contributed by atoms with Crippen molar-refractivity contribution >= 4 is 5.91 Å². The van der Waals surface area contributed by atoms with E-state index in [1.807, 2.05) is 23.1 Å². The lowest BCUT2D eigenvalue weighted by molar-refractivity contribution is -0.143. The Labute approximate surface area is 146 Å². The molecule has 1 aromatic carbocycles. The van der Waals surface area contributed by atoms with Crippen molar-refractivity contribution in [3.8, 4) is 0 Å². The van der Waals surface area contributed by atoms with Crippen LogP contribution in [0.15, 0.2) is 30.3 Å². The third-order valence-electron chi connectivity index (χ3n) is 7.22. The van der Waals surface area contributed by atoms with Gasteiger partial charge in [-0.2, -0.15) is 0 Å². The first-order chi connectivity index (χ1) is 11.4. The predicted octanol–water partition coefficient (Wildman–Crippen LogP) is 4.79. The van der Waals surface area contributed by atoms with Crippen LogP contribution in [-0.2, 0) is 9.53 Å². The van der Waals surface area contributed by atoms with Crippen LogP contribution in [0, 0.1) is 16.7 Å². The summed E-state index contributed by atoms with van der Waals surface area (Å²) in [6, 6.07) is 10.4. The van der Waals surface area contributed by atoms with E-state index in [9.17, 15) is 4.79 Å². The smallest absolute Gasteiger partial charge is 0.228 e. The fourth-order valence-electron chi connectivity index (χ4n) is 4.64. The summed E-state index contributed by atoms with van der Waals surface area (Å²) in [6.45, 7) is 12.1. The maximum Gasteiger partial charge on any atom is 0.228 e. The van der Waals surface area contributed by atoms with Gasteiger partial charge in [0.1, 0.15) is 0 Å². The average molecular weight is 329 g/mol. The first kappa shape index (κ1) is 17.5. The van der Waals surface area contributed by atoms with E-state index in [0.717, 1.165) is 24.8 Å². The molecule has 132 valence electrons. The minimum atomic E-state index is -0.209. The summed E-state index contributed by atoms with van der Waals surface area (Å²) >= 11 is 0. The van der Waals surface area contributed by atoms with Crippen molar-refractivity contribution in [1.82, 2.24) is 4.90 Å². The molecule has 0 N–H and O–H groups in total. The van der Waals surface area contributed by atoms with Gasteiger partial charge in [0, 0.05) is 11.5 Å². The molecule has 2 unspecified atom stereocenters. The first-order valence-corrected chi connectivity index (χ1v) is 9.34. The second-order valence-corrected chi connectivity index (χ2v) is 8.27. The molecule has 3 atom stereocenters. The monoisotopic (exact) mass is 329 g/mol. The van der Waals surface area contributed by atoms with Gasteiger partial charge in [0.2, 0.25) is 5.91 Å². The molecule has 2 fully saturated rings. The Morgan fingerprint density at radius 3 is 2.33 bits per heavy atom. The van der Waals surface area contributed by atoms with Crippen molar-refractivity contribution in [1.29, 1.82) is 0 Å². The molecule has 24 heavy (non-hydrogen) atoms. The van der Waals surface area contributed by atoms with Crippen LogP contribution in [0.3, 0.4) is 0 Å². The second kappa shape index (κ2) is 6.18. The summed E-state index contributed by atoms with van der Waals surface area (Å²) in [5, 5.41) is 0. The molecule has 1 aromatic rings. The molecule has 0 aliphatic carbocycles. The van der Waals surface area contributed by atoms with E-state index in [2.05, 4.69) is 46.8 Å². The van der Waals surface area contributed by atoms with Crippen LogP contribution in [0.2, 0.25) is 0 Å². The van der Waals surface area contributed by atoms with Crippen LogP contribution in [0.1, 0.15) is 65.7 Å².